The number of esters is 1. The Morgan fingerprint density at radius 2 is 1.83 bits per heavy atom. The summed E-state index contributed by atoms with van der Waals surface area (Å²) in [4.78, 5) is 12.0. The van der Waals surface area contributed by atoms with Gasteiger partial charge >= 0.3 is 5.97 Å². The van der Waals surface area contributed by atoms with Crippen molar-refractivity contribution in [2.75, 3.05) is 14.2 Å². The standard InChI is InChI=1S/C18H19F2NO3/c1-23-11-14-4-3-12(9-16(14)20)10-21-17(18(22)24-2)13-5-7-15(19)8-6-13/h3-9,17,21H,10-11H2,1-2H3. The van der Waals surface area contributed by atoms with Gasteiger partial charge < -0.3 is 9.47 Å². The Bertz CT molecular complexity index is 689. The number of ether oxygens (including phenoxy) is 2. The van der Waals surface area contributed by atoms with E-state index >= 15 is 0 Å². The number of rotatable bonds is 7. The van der Waals surface area contributed by atoms with E-state index in [0.29, 0.717) is 16.7 Å². The number of hydrogen-bond acceptors (Lipinski definition) is 4. The first kappa shape index (κ1) is 18.0. The number of halogens is 2. The molecule has 0 aliphatic carbocycles. The monoisotopic (exact) mass is 335 g/mol. The molecular weight excluding hydrogens is 316 g/mol. The molecule has 128 valence electrons. The third kappa shape index (κ3) is 4.59. The number of methoxy groups -OCH3 is 2. The summed E-state index contributed by atoms with van der Waals surface area (Å²) in [6.45, 7) is 0.446. The maximum absolute atomic E-state index is 13.9. The molecule has 1 N–H and O–H groups in total. The van der Waals surface area contributed by atoms with Crippen molar-refractivity contribution in [3.63, 3.8) is 0 Å². The molecule has 2 aromatic carbocycles. The fourth-order valence-corrected chi connectivity index (χ4v) is 2.30. The first-order valence-corrected chi connectivity index (χ1v) is 7.38. The van der Waals surface area contributed by atoms with Gasteiger partial charge in [0, 0.05) is 19.2 Å². The predicted octanol–water partition coefficient (Wildman–Crippen LogP) is 3.12. The van der Waals surface area contributed by atoms with Crippen LogP contribution in [0, 0.1) is 11.6 Å². The van der Waals surface area contributed by atoms with Crippen LogP contribution in [-0.2, 0) is 27.4 Å². The average molecular weight is 335 g/mol. The first-order valence-electron chi connectivity index (χ1n) is 7.38. The van der Waals surface area contributed by atoms with E-state index in [1.54, 1.807) is 12.1 Å². The summed E-state index contributed by atoms with van der Waals surface area (Å²) in [5.74, 6) is -1.26. The van der Waals surface area contributed by atoms with E-state index in [9.17, 15) is 13.6 Å². The van der Waals surface area contributed by atoms with E-state index in [2.05, 4.69) is 5.32 Å². The number of carbonyl (C=O) groups is 1. The second-order valence-corrected chi connectivity index (χ2v) is 5.25. The van der Waals surface area contributed by atoms with Gasteiger partial charge in [-0.05, 0) is 29.3 Å². The minimum atomic E-state index is -0.766. The lowest BCUT2D eigenvalue weighted by Gasteiger charge is -2.17. The summed E-state index contributed by atoms with van der Waals surface area (Å²) in [6, 6.07) is 9.57. The minimum Gasteiger partial charge on any atom is -0.468 e. The summed E-state index contributed by atoms with van der Waals surface area (Å²) < 4.78 is 36.6. The second kappa shape index (κ2) is 8.52. The maximum atomic E-state index is 13.9. The fourth-order valence-electron chi connectivity index (χ4n) is 2.30. The van der Waals surface area contributed by atoms with E-state index in [4.69, 9.17) is 9.47 Å². The predicted molar refractivity (Wildman–Crippen MR) is 85.1 cm³/mol. The van der Waals surface area contributed by atoms with Crippen molar-refractivity contribution in [3.05, 3.63) is 70.8 Å². The molecule has 6 heteroatoms. The van der Waals surface area contributed by atoms with Crippen molar-refractivity contribution < 1.29 is 23.0 Å². The summed E-state index contributed by atoms with van der Waals surface area (Å²) in [7, 11) is 2.78. The highest BCUT2D eigenvalue weighted by Gasteiger charge is 2.21. The van der Waals surface area contributed by atoms with Gasteiger partial charge in [0.05, 0.1) is 13.7 Å². The molecule has 0 fully saturated rings. The molecule has 1 unspecified atom stereocenters. The van der Waals surface area contributed by atoms with Gasteiger partial charge in [-0.3, -0.25) is 5.32 Å². The lowest BCUT2D eigenvalue weighted by atomic mass is 10.1. The van der Waals surface area contributed by atoms with Crippen LogP contribution < -0.4 is 5.32 Å². The molecule has 2 rings (SSSR count). The van der Waals surface area contributed by atoms with Gasteiger partial charge in [-0.15, -0.1) is 0 Å². The molecular formula is C18H19F2NO3. The van der Waals surface area contributed by atoms with Crippen LogP contribution in [0.4, 0.5) is 8.78 Å². The van der Waals surface area contributed by atoms with E-state index in [1.807, 2.05) is 0 Å². The van der Waals surface area contributed by atoms with E-state index in [1.165, 1.54) is 44.6 Å². The van der Waals surface area contributed by atoms with Gasteiger partial charge in [0.25, 0.3) is 0 Å². The lowest BCUT2D eigenvalue weighted by Crippen LogP contribution is -2.29. The molecule has 0 radical (unpaired) electrons. The molecule has 1 atom stereocenters. The van der Waals surface area contributed by atoms with Crippen molar-refractivity contribution in [2.45, 2.75) is 19.2 Å². The number of carbonyl (C=O) groups excluding carboxylic acids is 1. The molecule has 0 saturated heterocycles. The summed E-state index contributed by atoms with van der Waals surface area (Å²) >= 11 is 0. The van der Waals surface area contributed by atoms with Crippen molar-refractivity contribution in [3.8, 4) is 0 Å². The smallest absolute Gasteiger partial charge is 0.327 e. The Balaban J connectivity index is 2.12. The highest BCUT2D eigenvalue weighted by atomic mass is 19.1. The van der Waals surface area contributed by atoms with Crippen LogP contribution in [0.1, 0.15) is 22.7 Å². The van der Waals surface area contributed by atoms with Gasteiger partial charge in [-0.2, -0.15) is 0 Å². The topological polar surface area (TPSA) is 47.6 Å². The average Bonchev–Trinajstić information content (AvgIpc) is 2.58. The van der Waals surface area contributed by atoms with E-state index < -0.39 is 17.8 Å². The van der Waals surface area contributed by atoms with Crippen LogP contribution in [0.3, 0.4) is 0 Å². The van der Waals surface area contributed by atoms with Gasteiger partial charge in [0.1, 0.15) is 17.7 Å². The molecule has 0 amide bonds. The van der Waals surface area contributed by atoms with Crippen LogP contribution in [0.5, 0.6) is 0 Å². The summed E-state index contributed by atoms with van der Waals surface area (Å²) in [5.41, 5.74) is 1.70. The first-order chi connectivity index (χ1) is 11.5. The van der Waals surface area contributed by atoms with Crippen molar-refractivity contribution in [2.24, 2.45) is 0 Å². The lowest BCUT2D eigenvalue weighted by molar-refractivity contribution is -0.143. The Labute approximate surface area is 139 Å². The van der Waals surface area contributed by atoms with Gasteiger partial charge in [-0.1, -0.05) is 24.3 Å². The van der Waals surface area contributed by atoms with Crippen molar-refractivity contribution in [1.29, 1.82) is 0 Å². The van der Waals surface area contributed by atoms with Crippen LogP contribution in [0.25, 0.3) is 0 Å². The SMILES string of the molecule is COCc1ccc(CNC(C(=O)OC)c2ccc(F)cc2)cc1F. The van der Waals surface area contributed by atoms with Crippen molar-refractivity contribution in [1.82, 2.24) is 5.32 Å². The molecule has 0 bridgehead atoms. The largest absolute Gasteiger partial charge is 0.468 e. The highest BCUT2D eigenvalue weighted by molar-refractivity contribution is 5.77. The zero-order valence-electron chi connectivity index (χ0n) is 13.5. The van der Waals surface area contributed by atoms with Crippen LogP contribution in [0.15, 0.2) is 42.5 Å². The summed E-state index contributed by atoms with van der Waals surface area (Å²) in [5, 5.41) is 3.01. The third-order valence-corrected chi connectivity index (χ3v) is 3.57. The minimum absolute atomic E-state index is 0.194. The summed E-state index contributed by atoms with van der Waals surface area (Å²) in [6.07, 6.45) is 0. The normalized spacial score (nSPS) is 12.0. The van der Waals surface area contributed by atoms with Gasteiger partial charge in [0.2, 0.25) is 0 Å². The Hall–Kier alpha value is -2.31. The van der Waals surface area contributed by atoms with Crippen LogP contribution in [-0.4, -0.2) is 20.2 Å². The van der Waals surface area contributed by atoms with E-state index in [-0.39, 0.29) is 19.0 Å². The molecule has 4 nitrogen and oxygen atoms in total. The molecule has 0 spiro atoms. The third-order valence-electron chi connectivity index (χ3n) is 3.57. The molecule has 0 aliphatic heterocycles. The molecule has 0 aliphatic rings. The zero-order chi connectivity index (χ0) is 17.5. The fraction of sp³-hybridized carbons (Fsp3) is 0.278. The molecule has 0 saturated carbocycles. The number of nitrogens with one attached hydrogen (secondary N) is 1. The quantitative estimate of drug-likeness (QED) is 0.790. The Kier molecular flexibility index (Phi) is 6.40. The molecule has 24 heavy (non-hydrogen) atoms. The zero-order valence-corrected chi connectivity index (χ0v) is 13.5. The second-order valence-electron chi connectivity index (χ2n) is 5.25. The Morgan fingerprint density at radius 3 is 2.42 bits per heavy atom. The highest BCUT2D eigenvalue weighted by Crippen LogP contribution is 2.17. The molecule has 0 aromatic heterocycles. The number of hydrogen-bond donors (Lipinski definition) is 1. The van der Waals surface area contributed by atoms with E-state index in [0.717, 1.165) is 0 Å². The van der Waals surface area contributed by atoms with Gasteiger partial charge in [0.15, 0.2) is 0 Å². The number of benzene rings is 2. The molecule has 2 aromatic rings. The van der Waals surface area contributed by atoms with Crippen LogP contribution >= 0.6 is 0 Å². The Morgan fingerprint density at radius 1 is 1.12 bits per heavy atom. The van der Waals surface area contributed by atoms with Gasteiger partial charge in [-0.25, -0.2) is 13.6 Å². The van der Waals surface area contributed by atoms with Crippen LogP contribution in [0.2, 0.25) is 0 Å². The molecule has 0 heterocycles. The van der Waals surface area contributed by atoms with Crippen molar-refractivity contribution >= 4 is 5.97 Å². The maximum Gasteiger partial charge on any atom is 0.327 e.